The molecule has 0 unspecified atom stereocenters. The van der Waals surface area contributed by atoms with E-state index in [1.54, 1.807) is 0 Å². The largest absolute Gasteiger partial charge is 0.481 e. The first-order valence-electron chi connectivity index (χ1n) is 7.90. The van der Waals surface area contributed by atoms with Gasteiger partial charge >= 0.3 is 5.97 Å². The van der Waals surface area contributed by atoms with E-state index in [2.05, 4.69) is 17.4 Å². The number of carbonyl (C=O) groups excluding carboxylic acids is 1. The van der Waals surface area contributed by atoms with Crippen LogP contribution in [0.2, 0.25) is 0 Å². The van der Waals surface area contributed by atoms with Crippen LogP contribution < -0.4 is 11.1 Å². The number of benzene rings is 1. The van der Waals surface area contributed by atoms with Gasteiger partial charge in [0.2, 0.25) is 5.91 Å². The number of hydrogen-bond donors (Lipinski definition) is 3. The second kappa shape index (κ2) is 9.53. The molecule has 0 radical (unpaired) electrons. The average molecular weight is 341 g/mol. The lowest BCUT2D eigenvalue weighted by molar-refractivity contribution is -0.138. The van der Waals surface area contributed by atoms with E-state index in [4.69, 9.17) is 10.8 Å². The van der Waals surface area contributed by atoms with Gasteiger partial charge in [0.15, 0.2) is 0 Å². The standard InChI is InChI=1S/C17H24N2O3.ClH/c18-10-9-16(20)19-15-7-5-14(6-8-15)13-3-1-12(2-4-13)11-17(21)22;/h5-8,12-13H,1-4,9-11,18H2,(H,19,20)(H,21,22);1H. The minimum absolute atomic E-state index is 0. The van der Waals surface area contributed by atoms with E-state index in [0.29, 0.717) is 31.2 Å². The van der Waals surface area contributed by atoms with Crippen molar-refractivity contribution in [2.24, 2.45) is 11.7 Å². The molecule has 0 atom stereocenters. The lowest BCUT2D eigenvalue weighted by Gasteiger charge is -2.28. The van der Waals surface area contributed by atoms with E-state index in [1.165, 1.54) is 5.56 Å². The molecule has 128 valence electrons. The van der Waals surface area contributed by atoms with Crippen LogP contribution in [0.5, 0.6) is 0 Å². The van der Waals surface area contributed by atoms with Crippen molar-refractivity contribution >= 4 is 30.0 Å². The van der Waals surface area contributed by atoms with Gasteiger partial charge in [0, 0.05) is 25.1 Å². The zero-order valence-electron chi connectivity index (χ0n) is 13.2. The number of carboxylic acids is 1. The molecule has 0 aromatic heterocycles. The van der Waals surface area contributed by atoms with E-state index >= 15 is 0 Å². The highest BCUT2D eigenvalue weighted by molar-refractivity contribution is 5.90. The summed E-state index contributed by atoms with van der Waals surface area (Å²) in [5.41, 5.74) is 7.41. The highest BCUT2D eigenvalue weighted by Gasteiger charge is 2.23. The molecule has 0 aliphatic heterocycles. The number of amides is 1. The summed E-state index contributed by atoms with van der Waals surface area (Å²) in [6.45, 7) is 0.351. The Bertz CT molecular complexity index is 511. The summed E-state index contributed by atoms with van der Waals surface area (Å²) in [4.78, 5) is 22.2. The Morgan fingerprint density at radius 2 is 1.74 bits per heavy atom. The minimum Gasteiger partial charge on any atom is -0.481 e. The number of carbonyl (C=O) groups is 2. The summed E-state index contributed by atoms with van der Waals surface area (Å²) in [6, 6.07) is 7.96. The molecule has 1 aromatic carbocycles. The maximum atomic E-state index is 11.5. The molecule has 2 rings (SSSR count). The van der Waals surface area contributed by atoms with Crippen LogP contribution in [-0.2, 0) is 9.59 Å². The Labute approximate surface area is 143 Å². The molecule has 1 aromatic rings. The summed E-state index contributed by atoms with van der Waals surface area (Å²) >= 11 is 0. The fourth-order valence-corrected chi connectivity index (χ4v) is 3.14. The topological polar surface area (TPSA) is 92.4 Å². The van der Waals surface area contributed by atoms with Crippen molar-refractivity contribution in [2.75, 3.05) is 11.9 Å². The van der Waals surface area contributed by atoms with Gasteiger partial charge in [0.25, 0.3) is 0 Å². The molecule has 1 aliphatic carbocycles. The smallest absolute Gasteiger partial charge is 0.303 e. The normalized spacial score (nSPS) is 20.4. The quantitative estimate of drug-likeness (QED) is 0.741. The molecule has 0 spiro atoms. The number of anilines is 1. The van der Waals surface area contributed by atoms with Gasteiger partial charge in [-0.15, -0.1) is 12.4 Å². The summed E-state index contributed by atoms with van der Waals surface area (Å²) in [7, 11) is 0. The predicted octanol–water partition coefficient (Wildman–Crippen LogP) is 3.14. The Hall–Kier alpha value is -1.59. The van der Waals surface area contributed by atoms with E-state index in [1.807, 2.05) is 12.1 Å². The molecule has 1 fully saturated rings. The fourth-order valence-electron chi connectivity index (χ4n) is 3.14. The van der Waals surface area contributed by atoms with Crippen LogP contribution in [0.25, 0.3) is 0 Å². The van der Waals surface area contributed by atoms with Crippen LogP contribution in [0.1, 0.15) is 50.0 Å². The van der Waals surface area contributed by atoms with Crippen LogP contribution in [0.15, 0.2) is 24.3 Å². The average Bonchev–Trinajstić information content (AvgIpc) is 2.48. The zero-order chi connectivity index (χ0) is 15.9. The Morgan fingerprint density at radius 1 is 1.13 bits per heavy atom. The lowest BCUT2D eigenvalue weighted by Crippen LogP contribution is -2.17. The molecular weight excluding hydrogens is 316 g/mol. The molecule has 0 heterocycles. The van der Waals surface area contributed by atoms with Crippen molar-refractivity contribution in [3.63, 3.8) is 0 Å². The fraction of sp³-hybridized carbons (Fsp3) is 0.529. The summed E-state index contributed by atoms with van der Waals surface area (Å²) in [5.74, 6) is 0.0628. The number of aliphatic carboxylic acids is 1. The van der Waals surface area contributed by atoms with E-state index in [9.17, 15) is 9.59 Å². The van der Waals surface area contributed by atoms with Crippen LogP contribution in [0, 0.1) is 5.92 Å². The number of nitrogens with one attached hydrogen (secondary N) is 1. The predicted molar refractivity (Wildman–Crippen MR) is 92.9 cm³/mol. The van der Waals surface area contributed by atoms with Crippen LogP contribution in [-0.4, -0.2) is 23.5 Å². The second-order valence-electron chi connectivity index (χ2n) is 6.02. The maximum absolute atomic E-state index is 11.5. The van der Waals surface area contributed by atoms with Crippen molar-refractivity contribution in [3.05, 3.63) is 29.8 Å². The van der Waals surface area contributed by atoms with E-state index in [-0.39, 0.29) is 18.3 Å². The molecule has 5 nitrogen and oxygen atoms in total. The van der Waals surface area contributed by atoms with Gasteiger partial charge in [-0.2, -0.15) is 0 Å². The molecular formula is C17H25ClN2O3. The summed E-state index contributed by atoms with van der Waals surface area (Å²) in [5, 5.41) is 11.7. The van der Waals surface area contributed by atoms with Gasteiger partial charge in [0.1, 0.15) is 0 Å². The molecule has 0 saturated heterocycles. The first kappa shape index (κ1) is 19.5. The number of nitrogens with two attached hydrogens (primary N) is 1. The third-order valence-electron chi connectivity index (χ3n) is 4.35. The van der Waals surface area contributed by atoms with E-state index < -0.39 is 5.97 Å². The Kier molecular flexibility index (Phi) is 8.06. The second-order valence-corrected chi connectivity index (χ2v) is 6.02. The molecule has 6 heteroatoms. The molecule has 4 N–H and O–H groups in total. The number of hydrogen-bond acceptors (Lipinski definition) is 3. The first-order chi connectivity index (χ1) is 10.6. The molecule has 0 bridgehead atoms. The van der Waals surface area contributed by atoms with Crippen molar-refractivity contribution < 1.29 is 14.7 Å². The van der Waals surface area contributed by atoms with E-state index in [0.717, 1.165) is 31.4 Å². The van der Waals surface area contributed by atoms with Gasteiger partial charge in [-0.05, 0) is 55.2 Å². The van der Waals surface area contributed by atoms with Gasteiger partial charge in [-0.3, -0.25) is 9.59 Å². The van der Waals surface area contributed by atoms with Gasteiger partial charge in [-0.25, -0.2) is 0 Å². The zero-order valence-corrected chi connectivity index (χ0v) is 14.0. The highest BCUT2D eigenvalue weighted by atomic mass is 35.5. The van der Waals surface area contributed by atoms with Crippen LogP contribution in [0.3, 0.4) is 0 Å². The summed E-state index contributed by atoms with van der Waals surface area (Å²) < 4.78 is 0. The third kappa shape index (κ3) is 6.20. The third-order valence-corrected chi connectivity index (χ3v) is 4.35. The van der Waals surface area contributed by atoms with Gasteiger partial charge < -0.3 is 16.2 Å². The maximum Gasteiger partial charge on any atom is 0.303 e. The number of rotatable bonds is 6. The van der Waals surface area contributed by atoms with Gasteiger partial charge in [0.05, 0.1) is 0 Å². The first-order valence-corrected chi connectivity index (χ1v) is 7.90. The highest BCUT2D eigenvalue weighted by Crippen LogP contribution is 2.37. The van der Waals surface area contributed by atoms with Crippen molar-refractivity contribution in [2.45, 2.75) is 44.4 Å². The Morgan fingerprint density at radius 3 is 2.26 bits per heavy atom. The number of carboxylic acid groups (broad SMARTS) is 1. The molecule has 1 aliphatic rings. The van der Waals surface area contributed by atoms with Crippen molar-refractivity contribution in [3.8, 4) is 0 Å². The minimum atomic E-state index is -0.693. The SMILES string of the molecule is Cl.NCCC(=O)Nc1ccc(C2CCC(CC(=O)O)CC2)cc1. The molecule has 1 amide bonds. The number of halogens is 1. The Balaban J connectivity index is 0.00000264. The van der Waals surface area contributed by atoms with Crippen molar-refractivity contribution in [1.82, 2.24) is 0 Å². The van der Waals surface area contributed by atoms with Crippen molar-refractivity contribution in [1.29, 1.82) is 0 Å². The van der Waals surface area contributed by atoms with Crippen LogP contribution in [0.4, 0.5) is 5.69 Å². The summed E-state index contributed by atoms with van der Waals surface area (Å²) in [6.07, 6.45) is 4.65. The molecule has 1 saturated carbocycles. The molecule has 23 heavy (non-hydrogen) atoms. The lowest BCUT2D eigenvalue weighted by atomic mass is 9.77. The van der Waals surface area contributed by atoms with Crippen LogP contribution >= 0.6 is 12.4 Å². The monoisotopic (exact) mass is 340 g/mol. The van der Waals surface area contributed by atoms with Gasteiger partial charge in [-0.1, -0.05) is 12.1 Å².